The number of likely N-dealkylation sites (N-methyl/N-ethyl adjacent to an activating group) is 1. The van der Waals surface area contributed by atoms with Gasteiger partial charge in [0.2, 0.25) is 0 Å². The van der Waals surface area contributed by atoms with Crippen LogP contribution < -0.4 is 0 Å². The molecular weight excluding hydrogens is 308 g/mol. The van der Waals surface area contributed by atoms with Crippen molar-refractivity contribution >= 4 is 17.7 Å². The number of aromatic nitrogens is 1. The van der Waals surface area contributed by atoms with Crippen LogP contribution in [0.3, 0.4) is 0 Å². The number of carbonyl (C=O) groups excluding carboxylic acids is 2. The maximum atomic E-state index is 12.7. The summed E-state index contributed by atoms with van der Waals surface area (Å²) in [6.45, 7) is 1.42. The summed E-state index contributed by atoms with van der Waals surface area (Å²) < 4.78 is 1.54. The Morgan fingerprint density at radius 2 is 1.83 bits per heavy atom. The minimum absolute atomic E-state index is 0.147. The highest BCUT2D eigenvalue weighted by molar-refractivity contribution is 6.00. The number of hydrogen-bond acceptors (Lipinski definition) is 3. The Labute approximate surface area is 140 Å². The van der Waals surface area contributed by atoms with Crippen molar-refractivity contribution in [2.45, 2.75) is 19.4 Å². The Morgan fingerprint density at radius 3 is 2.33 bits per heavy atom. The number of ketones is 1. The molecule has 0 fully saturated rings. The number of carbonyl (C=O) groups is 3. The van der Waals surface area contributed by atoms with E-state index in [1.165, 1.54) is 29.5 Å². The van der Waals surface area contributed by atoms with Gasteiger partial charge in [0.25, 0.3) is 5.91 Å². The zero-order valence-electron chi connectivity index (χ0n) is 13.9. The zero-order chi connectivity index (χ0) is 17.9. The Hall–Kier alpha value is -2.89. The van der Waals surface area contributed by atoms with Crippen LogP contribution in [-0.4, -0.2) is 45.3 Å². The van der Waals surface area contributed by atoms with Gasteiger partial charge in [-0.1, -0.05) is 30.3 Å². The lowest BCUT2D eigenvalue weighted by Crippen LogP contribution is -2.44. The summed E-state index contributed by atoms with van der Waals surface area (Å²) >= 11 is 0. The number of aliphatic carboxylic acids is 1. The highest BCUT2D eigenvalue weighted by Crippen LogP contribution is 2.15. The predicted octanol–water partition coefficient (Wildman–Crippen LogP) is 2.00. The summed E-state index contributed by atoms with van der Waals surface area (Å²) in [5.74, 6) is -1.66. The maximum Gasteiger partial charge on any atom is 0.326 e. The van der Waals surface area contributed by atoms with E-state index in [9.17, 15) is 19.5 Å². The van der Waals surface area contributed by atoms with Crippen LogP contribution in [-0.2, 0) is 18.3 Å². The molecule has 1 N–H and O–H groups in total. The molecule has 2 rings (SSSR count). The van der Waals surface area contributed by atoms with E-state index < -0.39 is 17.9 Å². The highest BCUT2D eigenvalue weighted by Gasteiger charge is 2.29. The van der Waals surface area contributed by atoms with E-state index in [1.54, 1.807) is 13.2 Å². The third kappa shape index (κ3) is 3.71. The quantitative estimate of drug-likeness (QED) is 0.823. The molecule has 1 amide bonds. The third-order valence-corrected chi connectivity index (χ3v) is 3.98. The molecule has 0 aliphatic rings. The van der Waals surface area contributed by atoms with Gasteiger partial charge in [0.05, 0.1) is 0 Å². The van der Waals surface area contributed by atoms with Crippen LogP contribution in [0.4, 0.5) is 0 Å². The Morgan fingerprint density at radius 1 is 1.21 bits per heavy atom. The lowest BCUT2D eigenvalue weighted by molar-refractivity contribution is -0.141. The lowest BCUT2D eigenvalue weighted by atomic mass is 10.0. The minimum Gasteiger partial charge on any atom is -0.480 e. The number of nitrogens with zero attached hydrogens (tertiary/aromatic N) is 2. The number of rotatable bonds is 6. The molecule has 24 heavy (non-hydrogen) atoms. The van der Waals surface area contributed by atoms with E-state index in [0.717, 1.165) is 5.56 Å². The summed E-state index contributed by atoms with van der Waals surface area (Å²) in [6.07, 6.45) is 1.78. The second-order valence-electron chi connectivity index (χ2n) is 5.74. The minimum atomic E-state index is -1.07. The molecule has 6 nitrogen and oxygen atoms in total. The van der Waals surface area contributed by atoms with Crippen LogP contribution in [0.1, 0.15) is 33.3 Å². The first-order chi connectivity index (χ1) is 11.3. The second-order valence-corrected chi connectivity index (χ2v) is 5.74. The average molecular weight is 328 g/mol. The van der Waals surface area contributed by atoms with E-state index in [-0.39, 0.29) is 17.9 Å². The molecule has 0 saturated carbocycles. The Kier molecular flexibility index (Phi) is 5.18. The topological polar surface area (TPSA) is 79.6 Å². The van der Waals surface area contributed by atoms with E-state index in [4.69, 9.17) is 0 Å². The normalized spacial score (nSPS) is 11.8. The summed E-state index contributed by atoms with van der Waals surface area (Å²) in [5.41, 5.74) is 1.53. The van der Waals surface area contributed by atoms with Gasteiger partial charge in [-0.2, -0.15) is 0 Å². The fraction of sp³-hybridized carbons (Fsp3) is 0.278. The molecule has 6 heteroatoms. The number of Topliss-reactive ketones (excluding diaryl/α,β-unsaturated/α-hetero) is 1. The fourth-order valence-electron chi connectivity index (χ4n) is 2.52. The molecular formula is C18H20N2O4. The molecule has 1 unspecified atom stereocenters. The molecule has 0 bridgehead atoms. The monoisotopic (exact) mass is 328 g/mol. The van der Waals surface area contributed by atoms with Gasteiger partial charge in [-0.25, -0.2) is 4.79 Å². The molecule has 0 aliphatic carbocycles. The van der Waals surface area contributed by atoms with Crippen molar-refractivity contribution in [2.75, 3.05) is 7.05 Å². The van der Waals surface area contributed by atoms with Gasteiger partial charge in [-0.15, -0.1) is 0 Å². The smallest absolute Gasteiger partial charge is 0.326 e. The average Bonchev–Trinajstić information content (AvgIpc) is 2.94. The largest absolute Gasteiger partial charge is 0.480 e. The molecule has 2 aromatic rings. The van der Waals surface area contributed by atoms with Crippen molar-refractivity contribution < 1.29 is 19.5 Å². The SMILES string of the molecule is CC(=O)c1cc(C(=O)N(C)C(Cc2ccccc2)C(=O)O)n(C)c1. The first-order valence-electron chi connectivity index (χ1n) is 7.52. The molecule has 126 valence electrons. The van der Waals surface area contributed by atoms with Crippen molar-refractivity contribution in [1.29, 1.82) is 0 Å². The molecule has 0 radical (unpaired) electrons. The maximum absolute atomic E-state index is 12.7. The van der Waals surface area contributed by atoms with E-state index in [1.807, 2.05) is 30.3 Å². The van der Waals surface area contributed by atoms with Crippen LogP contribution in [0.5, 0.6) is 0 Å². The van der Waals surface area contributed by atoms with Crippen molar-refractivity contribution in [3.8, 4) is 0 Å². The van der Waals surface area contributed by atoms with Gasteiger partial charge in [-0.3, -0.25) is 9.59 Å². The van der Waals surface area contributed by atoms with Gasteiger partial charge in [0, 0.05) is 32.3 Å². The first-order valence-corrected chi connectivity index (χ1v) is 7.52. The number of carboxylic acid groups (broad SMARTS) is 1. The standard InChI is InChI=1S/C18H20N2O4/c1-12(21)14-10-15(19(2)11-14)17(22)20(3)16(18(23)24)9-13-7-5-4-6-8-13/h4-8,10-11,16H,9H2,1-3H3,(H,23,24). The van der Waals surface area contributed by atoms with Gasteiger partial charge in [0.15, 0.2) is 5.78 Å². The lowest BCUT2D eigenvalue weighted by Gasteiger charge is -2.25. The number of hydrogen-bond donors (Lipinski definition) is 1. The Bertz CT molecular complexity index is 765. The van der Waals surface area contributed by atoms with Crippen LogP contribution >= 0.6 is 0 Å². The summed E-state index contributed by atoms with van der Waals surface area (Å²) in [5, 5.41) is 9.51. The number of amides is 1. The van der Waals surface area contributed by atoms with Crippen molar-refractivity contribution in [3.05, 3.63) is 59.4 Å². The van der Waals surface area contributed by atoms with Gasteiger partial charge in [0.1, 0.15) is 11.7 Å². The van der Waals surface area contributed by atoms with E-state index in [0.29, 0.717) is 5.56 Å². The Balaban J connectivity index is 2.26. The number of benzene rings is 1. The van der Waals surface area contributed by atoms with E-state index >= 15 is 0 Å². The first kappa shape index (κ1) is 17.5. The van der Waals surface area contributed by atoms with Crippen LogP contribution in [0, 0.1) is 0 Å². The summed E-state index contributed by atoms with van der Waals surface area (Å²) in [6, 6.07) is 9.65. The number of aryl methyl sites for hydroxylation is 1. The molecule has 1 heterocycles. The van der Waals surface area contributed by atoms with Gasteiger partial charge in [-0.05, 0) is 18.6 Å². The number of carboxylic acids is 1. The van der Waals surface area contributed by atoms with E-state index in [2.05, 4.69) is 0 Å². The van der Waals surface area contributed by atoms with Crippen molar-refractivity contribution in [2.24, 2.45) is 7.05 Å². The highest BCUT2D eigenvalue weighted by atomic mass is 16.4. The van der Waals surface area contributed by atoms with Gasteiger partial charge >= 0.3 is 5.97 Å². The molecule has 0 aliphatic heterocycles. The molecule has 1 aromatic heterocycles. The third-order valence-electron chi connectivity index (χ3n) is 3.98. The van der Waals surface area contributed by atoms with Crippen LogP contribution in [0.15, 0.2) is 42.6 Å². The zero-order valence-corrected chi connectivity index (χ0v) is 13.9. The molecule has 1 aromatic carbocycles. The van der Waals surface area contributed by atoms with Crippen LogP contribution in [0.25, 0.3) is 0 Å². The van der Waals surface area contributed by atoms with Crippen molar-refractivity contribution in [1.82, 2.24) is 9.47 Å². The van der Waals surface area contributed by atoms with Crippen LogP contribution in [0.2, 0.25) is 0 Å². The van der Waals surface area contributed by atoms with Gasteiger partial charge < -0.3 is 14.6 Å². The fourth-order valence-corrected chi connectivity index (χ4v) is 2.52. The molecule has 0 saturated heterocycles. The van der Waals surface area contributed by atoms with Crippen molar-refractivity contribution in [3.63, 3.8) is 0 Å². The summed E-state index contributed by atoms with van der Waals surface area (Å²) in [7, 11) is 3.12. The predicted molar refractivity (Wildman–Crippen MR) is 89.1 cm³/mol. The molecule has 1 atom stereocenters. The summed E-state index contributed by atoms with van der Waals surface area (Å²) in [4.78, 5) is 36.9. The molecule has 0 spiro atoms. The second kappa shape index (κ2) is 7.12.